The molecule has 0 fully saturated rings. The zero-order valence-electron chi connectivity index (χ0n) is 20.8. The van der Waals surface area contributed by atoms with E-state index in [0.29, 0.717) is 35.6 Å². The lowest BCUT2D eigenvalue weighted by atomic mass is 9.98. The second-order valence-corrected chi connectivity index (χ2v) is 8.87. The fourth-order valence-corrected chi connectivity index (χ4v) is 4.38. The number of anilines is 2. The first-order chi connectivity index (χ1) is 16.9. The SMILES string of the molecule is CCN(CC)C(=O)c1ccc2c(c1)C(=C(Nc1cccc(CN(C)C)c1)c1ccccc1)C(=O)N2. The Morgan fingerprint density at radius 2 is 1.63 bits per heavy atom. The van der Waals surface area contributed by atoms with Crippen LogP contribution in [0.5, 0.6) is 0 Å². The molecule has 0 bridgehead atoms. The molecule has 0 radical (unpaired) electrons. The molecule has 6 nitrogen and oxygen atoms in total. The number of carbonyl (C=O) groups excluding carboxylic acids is 2. The predicted molar refractivity (Wildman–Crippen MR) is 143 cm³/mol. The Morgan fingerprint density at radius 3 is 2.31 bits per heavy atom. The van der Waals surface area contributed by atoms with Crippen LogP contribution in [0.1, 0.15) is 40.9 Å². The van der Waals surface area contributed by atoms with Crippen LogP contribution in [0.3, 0.4) is 0 Å². The van der Waals surface area contributed by atoms with Gasteiger partial charge in [-0.1, -0.05) is 42.5 Å². The van der Waals surface area contributed by atoms with Crippen LogP contribution < -0.4 is 10.6 Å². The van der Waals surface area contributed by atoms with E-state index in [4.69, 9.17) is 0 Å². The molecule has 1 aliphatic heterocycles. The standard InChI is InChI=1S/C29H32N4O2/c1-5-33(6-2)29(35)22-15-16-25-24(18-22)26(28(34)31-25)27(21-12-8-7-9-13-21)30-23-14-10-11-20(17-23)19-32(3)4/h7-18,30H,5-6,19H2,1-4H3,(H,31,34). The predicted octanol–water partition coefficient (Wildman–Crippen LogP) is 5.16. The van der Waals surface area contributed by atoms with E-state index in [1.807, 2.05) is 82.5 Å². The maximum Gasteiger partial charge on any atom is 0.258 e. The number of carbonyl (C=O) groups is 2. The Labute approximate surface area is 207 Å². The van der Waals surface area contributed by atoms with Crippen molar-refractivity contribution in [2.75, 3.05) is 37.8 Å². The summed E-state index contributed by atoms with van der Waals surface area (Å²) >= 11 is 0. The second kappa shape index (κ2) is 10.6. The average molecular weight is 469 g/mol. The Hall–Kier alpha value is -3.90. The van der Waals surface area contributed by atoms with Gasteiger partial charge < -0.3 is 20.4 Å². The highest BCUT2D eigenvalue weighted by atomic mass is 16.2. The first kappa shape index (κ1) is 24.2. The molecular weight excluding hydrogens is 436 g/mol. The third kappa shape index (κ3) is 5.28. The molecule has 35 heavy (non-hydrogen) atoms. The Bertz CT molecular complexity index is 1260. The molecule has 6 heteroatoms. The van der Waals surface area contributed by atoms with Crippen LogP contribution in [0.25, 0.3) is 11.3 Å². The van der Waals surface area contributed by atoms with E-state index in [1.54, 1.807) is 11.0 Å². The summed E-state index contributed by atoms with van der Waals surface area (Å²) < 4.78 is 0. The Kier molecular flexibility index (Phi) is 7.32. The first-order valence-electron chi connectivity index (χ1n) is 12.0. The molecule has 3 aromatic rings. The molecule has 0 aliphatic carbocycles. The van der Waals surface area contributed by atoms with Crippen LogP contribution in [0.2, 0.25) is 0 Å². The minimum atomic E-state index is -0.191. The summed E-state index contributed by atoms with van der Waals surface area (Å²) in [5.74, 6) is -0.231. The van der Waals surface area contributed by atoms with E-state index < -0.39 is 0 Å². The molecule has 2 N–H and O–H groups in total. The molecule has 0 spiro atoms. The summed E-state index contributed by atoms with van der Waals surface area (Å²) in [7, 11) is 4.07. The summed E-state index contributed by atoms with van der Waals surface area (Å²) in [5, 5.41) is 6.50. The van der Waals surface area contributed by atoms with Crippen molar-refractivity contribution in [3.63, 3.8) is 0 Å². The van der Waals surface area contributed by atoms with Gasteiger partial charge in [-0.05, 0) is 69.4 Å². The summed E-state index contributed by atoms with van der Waals surface area (Å²) in [6.07, 6.45) is 0. The summed E-state index contributed by atoms with van der Waals surface area (Å²) in [6.45, 7) is 6.01. The highest BCUT2D eigenvalue weighted by Crippen LogP contribution is 2.38. The molecule has 4 rings (SSSR count). The number of benzene rings is 3. The van der Waals surface area contributed by atoms with Gasteiger partial charge in [-0.15, -0.1) is 0 Å². The van der Waals surface area contributed by atoms with Crippen LogP contribution in [-0.2, 0) is 11.3 Å². The van der Waals surface area contributed by atoms with Gasteiger partial charge in [0, 0.05) is 42.1 Å². The minimum Gasteiger partial charge on any atom is -0.354 e. The van der Waals surface area contributed by atoms with E-state index in [2.05, 4.69) is 27.7 Å². The Balaban J connectivity index is 1.83. The van der Waals surface area contributed by atoms with Gasteiger partial charge >= 0.3 is 0 Å². The van der Waals surface area contributed by atoms with E-state index >= 15 is 0 Å². The van der Waals surface area contributed by atoms with Crippen molar-refractivity contribution in [1.29, 1.82) is 0 Å². The summed E-state index contributed by atoms with van der Waals surface area (Å²) in [6, 6.07) is 23.4. The molecule has 1 heterocycles. The zero-order valence-corrected chi connectivity index (χ0v) is 20.8. The molecule has 1 aliphatic rings. The van der Waals surface area contributed by atoms with Gasteiger partial charge in [0.2, 0.25) is 0 Å². The van der Waals surface area contributed by atoms with Crippen molar-refractivity contribution in [3.05, 3.63) is 95.1 Å². The van der Waals surface area contributed by atoms with Crippen molar-refractivity contribution in [2.24, 2.45) is 0 Å². The second-order valence-electron chi connectivity index (χ2n) is 8.87. The quantitative estimate of drug-likeness (QED) is 0.448. The third-order valence-electron chi connectivity index (χ3n) is 6.07. The minimum absolute atomic E-state index is 0.0397. The highest BCUT2D eigenvalue weighted by molar-refractivity contribution is 6.37. The largest absolute Gasteiger partial charge is 0.354 e. The monoisotopic (exact) mass is 468 g/mol. The lowest BCUT2D eigenvalue weighted by molar-refractivity contribution is -0.110. The fraction of sp³-hybridized carbons (Fsp3) is 0.241. The van der Waals surface area contributed by atoms with E-state index in [0.717, 1.165) is 23.4 Å². The summed E-state index contributed by atoms with van der Waals surface area (Å²) in [5.41, 5.74) is 6.19. The van der Waals surface area contributed by atoms with Crippen molar-refractivity contribution in [2.45, 2.75) is 20.4 Å². The van der Waals surface area contributed by atoms with Gasteiger partial charge in [-0.25, -0.2) is 0 Å². The van der Waals surface area contributed by atoms with Gasteiger partial charge in [0.25, 0.3) is 11.8 Å². The van der Waals surface area contributed by atoms with E-state index in [-0.39, 0.29) is 11.8 Å². The van der Waals surface area contributed by atoms with Crippen molar-refractivity contribution in [1.82, 2.24) is 9.80 Å². The lowest BCUT2D eigenvalue weighted by Crippen LogP contribution is -2.30. The maximum absolute atomic E-state index is 13.3. The van der Waals surface area contributed by atoms with Crippen LogP contribution in [0.15, 0.2) is 72.8 Å². The van der Waals surface area contributed by atoms with Crippen molar-refractivity contribution in [3.8, 4) is 0 Å². The number of hydrogen-bond donors (Lipinski definition) is 2. The van der Waals surface area contributed by atoms with Crippen LogP contribution in [0.4, 0.5) is 11.4 Å². The maximum atomic E-state index is 13.3. The van der Waals surface area contributed by atoms with Gasteiger partial charge in [0.05, 0.1) is 11.3 Å². The number of nitrogens with one attached hydrogen (secondary N) is 2. The van der Waals surface area contributed by atoms with Crippen LogP contribution >= 0.6 is 0 Å². The fourth-order valence-electron chi connectivity index (χ4n) is 4.38. The topological polar surface area (TPSA) is 64.7 Å². The third-order valence-corrected chi connectivity index (χ3v) is 6.07. The molecule has 180 valence electrons. The smallest absolute Gasteiger partial charge is 0.258 e. The first-order valence-corrected chi connectivity index (χ1v) is 12.0. The number of hydrogen-bond acceptors (Lipinski definition) is 4. The van der Waals surface area contributed by atoms with Gasteiger partial charge in [0.15, 0.2) is 0 Å². The van der Waals surface area contributed by atoms with E-state index in [1.165, 1.54) is 5.56 Å². The van der Waals surface area contributed by atoms with E-state index in [9.17, 15) is 9.59 Å². The zero-order chi connectivity index (χ0) is 24.9. The normalized spacial score (nSPS) is 13.9. The molecule has 0 atom stereocenters. The number of rotatable bonds is 8. The molecule has 0 unspecified atom stereocenters. The van der Waals surface area contributed by atoms with Crippen molar-refractivity contribution < 1.29 is 9.59 Å². The van der Waals surface area contributed by atoms with Crippen LogP contribution in [0, 0.1) is 0 Å². The molecular formula is C29H32N4O2. The number of nitrogens with zero attached hydrogens (tertiary/aromatic N) is 2. The number of fused-ring (bicyclic) bond motifs is 1. The molecule has 2 amide bonds. The highest BCUT2D eigenvalue weighted by Gasteiger charge is 2.30. The molecule has 0 saturated carbocycles. The Morgan fingerprint density at radius 1 is 0.886 bits per heavy atom. The lowest BCUT2D eigenvalue weighted by Gasteiger charge is -2.19. The average Bonchev–Trinajstić information content (AvgIpc) is 3.18. The van der Waals surface area contributed by atoms with Gasteiger partial charge in [-0.2, -0.15) is 0 Å². The molecule has 3 aromatic carbocycles. The molecule has 0 aromatic heterocycles. The van der Waals surface area contributed by atoms with Gasteiger partial charge in [-0.3, -0.25) is 9.59 Å². The summed E-state index contributed by atoms with van der Waals surface area (Å²) in [4.78, 5) is 30.2. The number of amides is 2. The molecule has 0 saturated heterocycles. The van der Waals surface area contributed by atoms with Crippen LogP contribution in [-0.4, -0.2) is 48.8 Å². The van der Waals surface area contributed by atoms with Gasteiger partial charge in [0.1, 0.15) is 0 Å². The van der Waals surface area contributed by atoms with Crippen molar-refractivity contribution >= 4 is 34.5 Å².